The Kier molecular flexibility index (Phi) is 3.11. The van der Waals surface area contributed by atoms with Crippen molar-refractivity contribution in [3.05, 3.63) is 29.1 Å². The predicted octanol–water partition coefficient (Wildman–Crippen LogP) is 2.44. The lowest BCUT2D eigenvalue weighted by Crippen LogP contribution is -2.46. The Hall–Kier alpha value is -1.14. The van der Waals surface area contributed by atoms with Gasteiger partial charge in [0.25, 0.3) is 0 Å². The van der Waals surface area contributed by atoms with Gasteiger partial charge in [-0.05, 0) is 23.6 Å². The average Bonchev–Trinajstić information content (AvgIpc) is 2.24. The molecule has 0 atom stereocenters. The number of hydrogen-bond acceptors (Lipinski definition) is 3. The van der Waals surface area contributed by atoms with Gasteiger partial charge in [-0.25, -0.2) is 4.98 Å². The fourth-order valence-electron chi connectivity index (χ4n) is 1.72. The van der Waals surface area contributed by atoms with Crippen LogP contribution in [-0.4, -0.2) is 23.3 Å². The maximum absolute atomic E-state index is 12.7. The Bertz CT molecular complexity index is 453. The van der Waals surface area contributed by atoms with Crippen molar-refractivity contribution in [2.75, 3.05) is 13.2 Å². The molecular formula is C12H14F3NO2. The maximum atomic E-state index is 12.7. The fraction of sp³-hybridized carbons (Fsp3) is 0.583. The molecule has 1 aromatic heterocycles. The van der Waals surface area contributed by atoms with E-state index in [1.54, 1.807) is 13.8 Å². The van der Waals surface area contributed by atoms with E-state index in [0.29, 0.717) is 5.69 Å². The highest BCUT2D eigenvalue weighted by Gasteiger charge is 2.41. The van der Waals surface area contributed by atoms with Crippen molar-refractivity contribution in [3.63, 3.8) is 0 Å². The van der Waals surface area contributed by atoms with Crippen LogP contribution < -0.4 is 0 Å². The minimum atomic E-state index is -4.51. The molecule has 0 spiro atoms. The molecular weight excluding hydrogens is 247 g/mol. The number of halogens is 3. The van der Waals surface area contributed by atoms with Crippen LogP contribution in [0.1, 0.15) is 36.7 Å². The monoisotopic (exact) mass is 261 g/mol. The molecule has 2 rings (SSSR count). The normalized spacial score (nSPS) is 18.8. The molecule has 1 N–H and O–H groups in total. The zero-order chi connectivity index (χ0) is 13.6. The molecule has 0 unspecified atom stereocenters. The van der Waals surface area contributed by atoms with Gasteiger partial charge in [0.1, 0.15) is 11.3 Å². The Morgan fingerprint density at radius 1 is 1.33 bits per heavy atom. The van der Waals surface area contributed by atoms with Gasteiger partial charge < -0.3 is 9.84 Å². The van der Waals surface area contributed by atoms with Gasteiger partial charge in [0.05, 0.1) is 13.2 Å². The Labute approximate surface area is 103 Å². The summed E-state index contributed by atoms with van der Waals surface area (Å²) in [4.78, 5) is 3.60. The second kappa shape index (κ2) is 4.20. The summed E-state index contributed by atoms with van der Waals surface area (Å²) in [6, 6.07) is 2.41. The van der Waals surface area contributed by atoms with Gasteiger partial charge in [-0.1, -0.05) is 13.8 Å². The van der Waals surface area contributed by atoms with Crippen LogP contribution in [0.3, 0.4) is 0 Å². The van der Waals surface area contributed by atoms with Crippen LogP contribution in [0.15, 0.2) is 12.1 Å². The highest BCUT2D eigenvalue weighted by Crippen LogP contribution is 2.35. The molecule has 0 saturated carbocycles. The summed E-state index contributed by atoms with van der Waals surface area (Å²) in [6.07, 6.45) is -4.51. The van der Waals surface area contributed by atoms with E-state index >= 15 is 0 Å². The third kappa shape index (κ3) is 2.35. The number of aromatic nitrogens is 1. The van der Waals surface area contributed by atoms with Gasteiger partial charge in [-0.15, -0.1) is 0 Å². The molecule has 2 heterocycles. The number of ether oxygens (including phenoxy) is 1. The largest absolute Gasteiger partial charge is 0.433 e. The number of nitrogens with zero attached hydrogens (tertiary/aromatic N) is 1. The quantitative estimate of drug-likeness (QED) is 0.889. The van der Waals surface area contributed by atoms with E-state index in [4.69, 9.17) is 4.74 Å². The number of hydrogen-bond donors (Lipinski definition) is 1. The van der Waals surface area contributed by atoms with Crippen LogP contribution >= 0.6 is 0 Å². The summed E-state index contributed by atoms with van der Waals surface area (Å²) in [6.45, 7) is 3.55. The van der Waals surface area contributed by atoms with Crippen LogP contribution in [0, 0.1) is 0 Å². The Morgan fingerprint density at radius 3 is 2.33 bits per heavy atom. The molecule has 1 saturated heterocycles. The average molecular weight is 261 g/mol. The number of rotatable bonds is 2. The zero-order valence-corrected chi connectivity index (χ0v) is 10.1. The second-order valence-electron chi connectivity index (χ2n) is 4.84. The van der Waals surface area contributed by atoms with Crippen LogP contribution in [0.25, 0.3) is 0 Å². The zero-order valence-electron chi connectivity index (χ0n) is 10.1. The molecule has 0 aromatic carbocycles. The van der Waals surface area contributed by atoms with Crippen LogP contribution in [0.5, 0.6) is 0 Å². The first-order valence-electron chi connectivity index (χ1n) is 5.62. The van der Waals surface area contributed by atoms with Crippen molar-refractivity contribution in [2.24, 2.45) is 0 Å². The SMILES string of the molecule is CC(C)c1cc(C2(O)COC2)cc(C(F)(F)F)n1. The van der Waals surface area contributed by atoms with Gasteiger partial charge in [0, 0.05) is 5.69 Å². The van der Waals surface area contributed by atoms with Crippen molar-refractivity contribution >= 4 is 0 Å². The molecule has 0 aliphatic carbocycles. The lowest BCUT2D eigenvalue weighted by molar-refractivity contribution is -0.185. The molecule has 1 fully saturated rings. The minimum absolute atomic E-state index is 0.0197. The van der Waals surface area contributed by atoms with E-state index in [0.717, 1.165) is 6.07 Å². The van der Waals surface area contributed by atoms with E-state index in [1.165, 1.54) is 6.07 Å². The molecule has 1 aliphatic heterocycles. The third-order valence-corrected chi connectivity index (χ3v) is 2.95. The molecule has 1 aromatic rings. The van der Waals surface area contributed by atoms with Gasteiger partial charge in [0.2, 0.25) is 0 Å². The number of alkyl halides is 3. The first-order valence-corrected chi connectivity index (χ1v) is 5.62. The van der Waals surface area contributed by atoms with Crippen molar-refractivity contribution < 1.29 is 23.0 Å². The molecule has 0 bridgehead atoms. The first-order chi connectivity index (χ1) is 8.22. The van der Waals surface area contributed by atoms with E-state index in [9.17, 15) is 18.3 Å². The summed E-state index contributed by atoms with van der Waals surface area (Å²) < 4.78 is 43.1. The van der Waals surface area contributed by atoms with Crippen LogP contribution in [0.2, 0.25) is 0 Å². The molecule has 3 nitrogen and oxygen atoms in total. The topological polar surface area (TPSA) is 42.4 Å². The highest BCUT2D eigenvalue weighted by molar-refractivity contribution is 5.31. The van der Waals surface area contributed by atoms with Crippen molar-refractivity contribution in [2.45, 2.75) is 31.5 Å². The standard InChI is InChI=1S/C12H14F3NO2/c1-7(2)9-3-8(11(17)5-18-6-11)4-10(16-9)12(13,14)15/h3-4,7,17H,5-6H2,1-2H3. The lowest BCUT2D eigenvalue weighted by atomic mass is 9.90. The summed E-state index contributed by atoms with van der Waals surface area (Å²) in [5, 5.41) is 10.1. The highest BCUT2D eigenvalue weighted by atomic mass is 19.4. The fourth-order valence-corrected chi connectivity index (χ4v) is 1.72. The third-order valence-electron chi connectivity index (χ3n) is 2.95. The molecule has 0 radical (unpaired) electrons. The van der Waals surface area contributed by atoms with Crippen molar-refractivity contribution in [1.82, 2.24) is 4.98 Å². The predicted molar refractivity (Wildman–Crippen MR) is 58.0 cm³/mol. The maximum Gasteiger partial charge on any atom is 0.433 e. The molecule has 18 heavy (non-hydrogen) atoms. The summed E-state index contributed by atoms with van der Waals surface area (Å²) in [7, 11) is 0. The number of pyridine rings is 1. The minimum Gasteiger partial charge on any atom is -0.380 e. The number of aliphatic hydroxyl groups is 1. The molecule has 100 valence electrons. The summed E-state index contributed by atoms with van der Waals surface area (Å²) >= 11 is 0. The van der Waals surface area contributed by atoms with E-state index in [-0.39, 0.29) is 24.7 Å². The van der Waals surface area contributed by atoms with Crippen LogP contribution in [-0.2, 0) is 16.5 Å². The van der Waals surface area contributed by atoms with Crippen LogP contribution in [0.4, 0.5) is 13.2 Å². The molecule has 6 heteroatoms. The van der Waals surface area contributed by atoms with E-state index in [2.05, 4.69) is 4.98 Å². The second-order valence-corrected chi connectivity index (χ2v) is 4.84. The van der Waals surface area contributed by atoms with Crippen molar-refractivity contribution in [1.29, 1.82) is 0 Å². The van der Waals surface area contributed by atoms with E-state index < -0.39 is 17.5 Å². The van der Waals surface area contributed by atoms with Gasteiger partial charge in [0.15, 0.2) is 0 Å². The van der Waals surface area contributed by atoms with Gasteiger partial charge >= 0.3 is 6.18 Å². The summed E-state index contributed by atoms with van der Waals surface area (Å²) in [5.74, 6) is -0.143. The smallest absolute Gasteiger partial charge is 0.380 e. The molecule has 1 aliphatic rings. The van der Waals surface area contributed by atoms with E-state index in [1.807, 2.05) is 0 Å². The van der Waals surface area contributed by atoms with Gasteiger partial charge in [-0.3, -0.25) is 0 Å². The van der Waals surface area contributed by atoms with Gasteiger partial charge in [-0.2, -0.15) is 13.2 Å². The Balaban J connectivity index is 2.50. The lowest BCUT2D eigenvalue weighted by Gasteiger charge is -2.37. The first kappa shape index (κ1) is 13.3. The Morgan fingerprint density at radius 2 is 1.94 bits per heavy atom. The van der Waals surface area contributed by atoms with Crippen molar-refractivity contribution in [3.8, 4) is 0 Å². The molecule has 0 amide bonds. The summed E-state index contributed by atoms with van der Waals surface area (Å²) in [5.41, 5.74) is -1.74.